The molecule has 0 aliphatic carbocycles. The van der Waals surface area contributed by atoms with Crippen molar-refractivity contribution < 1.29 is 14.3 Å². The minimum atomic E-state index is -0.507. The molecule has 0 fully saturated rings. The van der Waals surface area contributed by atoms with Gasteiger partial charge in [-0.3, -0.25) is 9.79 Å². The van der Waals surface area contributed by atoms with Crippen molar-refractivity contribution in [1.82, 2.24) is 21.3 Å². The van der Waals surface area contributed by atoms with Gasteiger partial charge in [0.1, 0.15) is 5.60 Å². The van der Waals surface area contributed by atoms with E-state index in [1.54, 1.807) is 7.05 Å². The second-order valence-corrected chi connectivity index (χ2v) is 7.36. The summed E-state index contributed by atoms with van der Waals surface area (Å²) in [6, 6.07) is 0. The normalized spacial score (nSPS) is 12.4. The van der Waals surface area contributed by atoms with Gasteiger partial charge in [0.05, 0.1) is 0 Å². The number of rotatable bonds is 6. The molecule has 0 rings (SSSR count). The summed E-state index contributed by atoms with van der Waals surface area (Å²) in [5.74, 6) is 0.611. The molecule has 0 saturated carbocycles. The number of nitrogens with one attached hydrogen (secondary N) is 4. The van der Waals surface area contributed by atoms with Gasteiger partial charge < -0.3 is 26.0 Å². The Morgan fingerprint density at radius 2 is 1.29 bits per heavy atom. The fourth-order valence-corrected chi connectivity index (χ4v) is 1.50. The Hall–Kier alpha value is -1.99. The summed E-state index contributed by atoms with van der Waals surface area (Å²) in [6.07, 6.45) is -0.447. The number of ether oxygens (including phenoxy) is 1. The maximum Gasteiger partial charge on any atom is 0.407 e. The summed E-state index contributed by atoms with van der Waals surface area (Å²) < 4.78 is 5.14. The lowest BCUT2D eigenvalue weighted by atomic mass is 9.96. The highest BCUT2D eigenvalue weighted by Gasteiger charge is 2.20. The first-order chi connectivity index (χ1) is 11.0. The van der Waals surface area contributed by atoms with E-state index in [9.17, 15) is 9.59 Å². The van der Waals surface area contributed by atoms with Crippen LogP contribution in [0.2, 0.25) is 0 Å². The predicted octanol–water partition coefficient (Wildman–Crippen LogP) is 0.838. The molecule has 24 heavy (non-hydrogen) atoms. The number of carbonyl (C=O) groups excluding carboxylic acids is 2. The zero-order valence-corrected chi connectivity index (χ0v) is 16.0. The van der Waals surface area contributed by atoms with Crippen molar-refractivity contribution in [2.75, 3.05) is 33.2 Å². The summed E-state index contributed by atoms with van der Waals surface area (Å²) in [5, 5.41) is 11.6. The van der Waals surface area contributed by atoms with E-state index in [4.69, 9.17) is 4.74 Å². The highest BCUT2D eigenvalue weighted by molar-refractivity contribution is 5.81. The van der Waals surface area contributed by atoms with Gasteiger partial charge in [0, 0.05) is 38.6 Å². The predicted molar refractivity (Wildman–Crippen MR) is 96.1 cm³/mol. The van der Waals surface area contributed by atoms with Crippen molar-refractivity contribution in [3.8, 4) is 0 Å². The standard InChI is InChI=1S/C16H33N5O3/c1-15(2,3)12(22)18-8-9-19-13(17-7)20-10-11-21-14(23)24-16(4,5)6/h8-11H2,1-7H3,(H,18,22)(H,21,23)(H2,17,19,20). The molecule has 0 aliphatic rings. The molecule has 8 heteroatoms. The van der Waals surface area contributed by atoms with Crippen LogP contribution in [0.25, 0.3) is 0 Å². The van der Waals surface area contributed by atoms with Crippen LogP contribution in [0.1, 0.15) is 41.5 Å². The number of alkyl carbamates (subject to hydrolysis) is 1. The molecule has 0 heterocycles. The molecule has 0 aromatic carbocycles. The van der Waals surface area contributed by atoms with Crippen LogP contribution in [0.4, 0.5) is 4.79 Å². The van der Waals surface area contributed by atoms with E-state index in [0.717, 1.165) is 0 Å². The number of nitrogens with zero attached hydrogens (tertiary/aromatic N) is 1. The average molecular weight is 343 g/mol. The molecule has 0 spiro atoms. The largest absolute Gasteiger partial charge is 0.444 e. The van der Waals surface area contributed by atoms with E-state index in [0.29, 0.717) is 32.1 Å². The van der Waals surface area contributed by atoms with Crippen molar-refractivity contribution in [1.29, 1.82) is 0 Å². The van der Waals surface area contributed by atoms with Gasteiger partial charge in [-0.05, 0) is 20.8 Å². The number of guanidine groups is 1. The number of hydrogen-bond donors (Lipinski definition) is 4. The van der Waals surface area contributed by atoms with Gasteiger partial charge in [0.25, 0.3) is 0 Å². The lowest BCUT2D eigenvalue weighted by Crippen LogP contribution is -2.45. The van der Waals surface area contributed by atoms with Crippen LogP contribution in [0.5, 0.6) is 0 Å². The second-order valence-electron chi connectivity index (χ2n) is 7.36. The van der Waals surface area contributed by atoms with Gasteiger partial charge in [-0.15, -0.1) is 0 Å². The maximum absolute atomic E-state index is 11.7. The van der Waals surface area contributed by atoms with Crippen LogP contribution in [-0.4, -0.2) is 56.8 Å². The van der Waals surface area contributed by atoms with E-state index < -0.39 is 17.1 Å². The molecule has 0 bridgehead atoms. The van der Waals surface area contributed by atoms with Gasteiger partial charge in [-0.2, -0.15) is 0 Å². The molecule has 8 nitrogen and oxygen atoms in total. The third-order valence-electron chi connectivity index (χ3n) is 2.69. The van der Waals surface area contributed by atoms with Crippen molar-refractivity contribution >= 4 is 18.0 Å². The van der Waals surface area contributed by atoms with Gasteiger partial charge in [-0.25, -0.2) is 4.79 Å². The summed E-state index contributed by atoms with van der Waals surface area (Å²) in [6.45, 7) is 13.0. The first-order valence-electron chi connectivity index (χ1n) is 8.15. The number of aliphatic imine (C=N–C) groups is 1. The number of carbonyl (C=O) groups is 2. The lowest BCUT2D eigenvalue weighted by molar-refractivity contribution is -0.128. The van der Waals surface area contributed by atoms with E-state index in [1.807, 2.05) is 41.5 Å². The molecule has 0 aromatic rings. The second kappa shape index (κ2) is 10.00. The highest BCUT2D eigenvalue weighted by Crippen LogP contribution is 2.11. The fraction of sp³-hybridized carbons (Fsp3) is 0.812. The van der Waals surface area contributed by atoms with Gasteiger partial charge in [0.15, 0.2) is 5.96 Å². The Morgan fingerprint density at radius 1 is 0.833 bits per heavy atom. The van der Waals surface area contributed by atoms with Crippen LogP contribution in [0.3, 0.4) is 0 Å². The van der Waals surface area contributed by atoms with Gasteiger partial charge in [0.2, 0.25) is 5.91 Å². The van der Waals surface area contributed by atoms with E-state index in [1.165, 1.54) is 0 Å². The molecule has 0 saturated heterocycles. The van der Waals surface area contributed by atoms with Crippen LogP contribution >= 0.6 is 0 Å². The Morgan fingerprint density at radius 3 is 1.71 bits per heavy atom. The van der Waals surface area contributed by atoms with E-state index in [-0.39, 0.29) is 5.91 Å². The summed E-state index contributed by atoms with van der Waals surface area (Å²) in [7, 11) is 1.66. The Bertz CT molecular complexity index is 436. The quantitative estimate of drug-likeness (QED) is 0.325. The highest BCUT2D eigenvalue weighted by atomic mass is 16.6. The monoisotopic (exact) mass is 343 g/mol. The number of hydrogen-bond acceptors (Lipinski definition) is 4. The molecule has 0 aliphatic heterocycles. The van der Waals surface area contributed by atoms with Crippen molar-refractivity contribution in [2.45, 2.75) is 47.1 Å². The Kier molecular flexibility index (Phi) is 9.17. The third kappa shape index (κ3) is 11.6. The maximum atomic E-state index is 11.7. The summed E-state index contributed by atoms with van der Waals surface area (Å²) in [4.78, 5) is 27.3. The van der Waals surface area contributed by atoms with Crippen molar-refractivity contribution in [3.63, 3.8) is 0 Å². The summed E-state index contributed by atoms with van der Waals surface area (Å²) in [5.41, 5.74) is -0.903. The smallest absolute Gasteiger partial charge is 0.407 e. The Labute approximate surface area is 145 Å². The van der Waals surface area contributed by atoms with Crippen LogP contribution in [0.15, 0.2) is 4.99 Å². The molecule has 2 amide bonds. The van der Waals surface area contributed by atoms with Crippen molar-refractivity contribution in [3.05, 3.63) is 0 Å². The first-order valence-corrected chi connectivity index (χ1v) is 8.15. The lowest BCUT2D eigenvalue weighted by Gasteiger charge is -2.20. The minimum Gasteiger partial charge on any atom is -0.444 e. The van der Waals surface area contributed by atoms with Crippen LogP contribution in [0, 0.1) is 5.41 Å². The first kappa shape index (κ1) is 22.0. The molecular formula is C16H33N5O3. The average Bonchev–Trinajstić information content (AvgIpc) is 2.42. The molecule has 140 valence electrons. The van der Waals surface area contributed by atoms with Gasteiger partial charge in [-0.1, -0.05) is 20.8 Å². The summed E-state index contributed by atoms with van der Waals surface area (Å²) >= 11 is 0. The Balaban J connectivity index is 3.86. The third-order valence-corrected chi connectivity index (χ3v) is 2.69. The zero-order valence-electron chi connectivity index (χ0n) is 16.0. The SMILES string of the molecule is CN=C(NCCNC(=O)OC(C)(C)C)NCCNC(=O)C(C)(C)C. The molecule has 0 unspecified atom stereocenters. The fourth-order valence-electron chi connectivity index (χ4n) is 1.50. The molecular weight excluding hydrogens is 310 g/mol. The van der Waals surface area contributed by atoms with E-state index >= 15 is 0 Å². The van der Waals surface area contributed by atoms with Gasteiger partial charge >= 0.3 is 6.09 Å². The molecule has 0 aromatic heterocycles. The van der Waals surface area contributed by atoms with Crippen molar-refractivity contribution in [2.24, 2.45) is 10.4 Å². The van der Waals surface area contributed by atoms with E-state index in [2.05, 4.69) is 26.3 Å². The van der Waals surface area contributed by atoms with Crippen LogP contribution in [-0.2, 0) is 9.53 Å². The van der Waals surface area contributed by atoms with Crippen LogP contribution < -0.4 is 21.3 Å². The minimum absolute atomic E-state index is 0.00815. The molecule has 4 N–H and O–H groups in total. The number of amides is 2. The molecule has 0 radical (unpaired) electrons. The zero-order chi connectivity index (χ0) is 18.8. The topological polar surface area (TPSA) is 104 Å². The molecule has 0 atom stereocenters.